The van der Waals surface area contributed by atoms with Crippen molar-refractivity contribution >= 4 is 18.3 Å². The lowest BCUT2D eigenvalue weighted by Gasteiger charge is -2.28. The van der Waals surface area contributed by atoms with Gasteiger partial charge >= 0.3 is 0 Å². The van der Waals surface area contributed by atoms with Gasteiger partial charge < -0.3 is 10.6 Å². The Bertz CT molecular complexity index is 254. The van der Waals surface area contributed by atoms with E-state index < -0.39 is 0 Å². The molecule has 18 heavy (non-hydrogen) atoms. The van der Waals surface area contributed by atoms with Gasteiger partial charge in [0.05, 0.1) is 6.04 Å². The first-order valence-electron chi connectivity index (χ1n) is 7.28. The third kappa shape index (κ3) is 4.43. The molecule has 2 N–H and O–H groups in total. The zero-order valence-corrected chi connectivity index (χ0v) is 12.2. The zero-order valence-electron chi connectivity index (χ0n) is 11.4. The van der Waals surface area contributed by atoms with Crippen LogP contribution in [-0.2, 0) is 4.79 Å². The fourth-order valence-electron chi connectivity index (χ4n) is 3.23. The Morgan fingerprint density at radius 1 is 1.22 bits per heavy atom. The summed E-state index contributed by atoms with van der Waals surface area (Å²) in [6, 6.07) is 0.0822. The van der Waals surface area contributed by atoms with Gasteiger partial charge in [0.2, 0.25) is 5.91 Å². The van der Waals surface area contributed by atoms with Crippen LogP contribution in [0.4, 0.5) is 0 Å². The fraction of sp³-hybridized carbons (Fsp3) is 0.929. The number of halogens is 1. The van der Waals surface area contributed by atoms with Crippen molar-refractivity contribution in [3.63, 3.8) is 0 Å². The number of nitrogens with one attached hydrogen (secondary N) is 2. The van der Waals surface area contributed by atoms with Crippen molar-refractivity contribution in [1.29, 1.82) is 0 Å². The van der Waals surface area contributed by atoms with Gasteiger partial charge in [-0.15, -0.1) is 12.4 Å². The van der Waals surface area contributed by atoms with Gasteiger partial charge in [-0.25, -0.2) is 0 Å². The second-order valence-corrected chi connectivity index (χ2v) is 5.75. The van der Waals surface area contributed by atoms with E-state index in [4.69, 9.17) is 0 Å². The normalized spacial score (nSPS) is 31.7. The van der Waals surface area contributed by atoms with Gasteiger partial charge in [0, 0.05) is 6.54 Å². The van der Waals surface area contributed by atoms with Crippen LogP contribution in [-0.4, -0.2) is 25.0 Å². The Balaban J connectivity index is 0.00000162. The molecule has 1 saturated heterocycles. The summed E-state index contributed by atoms with van der Waals surface area (Å²) in [4.78, 5) is 11.8. The Morgan fingerprint density at radius 3 is 2.67 bits per heavy atom. The first kappa shape index (κ1) is 15.8. The minimum Gasteiger partial charge on any atom is -0.355 e. The summed E-state index contributed by atoms with van der Waals surface area (Å²) in [6.07, 6.45) is 8.83. The topological polar surface area (TPSA) is 41.1 Å². The van der Waals surface area contributed by atoms with E-state index in [1.807, 2.05) is 0 Å². The predicted molar refractivity (Wildman–Crippen MR) is 77.0 cm³/mol. The number of hydrogen-bond acceptors (Lipinski definition) is 2. The Hall–Kier alpha value is -0.280. The summed E-state index contributed by atoms with van der Waals surface area (Å²) < 4.78 is 0. The average molecular weight is 275 g/mol. The summed E-state index contributed by atoms with van der Waals surface area (Å²) in [6.45, 7) is 4.23. The standard InChI is InChI=1S/C14H26N2O.ClH/c1-11-5-2-3-6-12(11)8-10-16-14(17)13-7-4-9-15-13;/h11-13,15H,2-10H2,1H3,(H,16,17);1H. The summed E-state index contributed by atoms with van der Waals surface area (Å²) in [5.74, 6) is 1.90. The van der Waals surface area contributed by atoms with Crippen LogP contribution < -0.4 is 10.6 Å². The molecule has 2 rings (SSSR count). The van der Waals surface area contributed by atoms with Gasteiger partial charge in [-0.3, -0.25) is 4.79 Å². The summed E-state index contributed by atoms with van der Waals surface area (Å²) in [5, 5.41) is 6.33. The molecular formula is C14H27ClN2O. The number of carbonyl (C=O) groups excluding carboxylic acids is 1. The van der Waals surface area contributed by atoms with Gasteiger partial charge in [-0.1, -0.05) is 32.6 Å². The molecule has 1 aliphatic heterocycles. The Labute approximate surface area is 117 Å². The molecular weight excluding hydrogens is 248 g/mol. The van der Waals surface area contributed by atoms with E-state index in [9.17, 15) is 4.79 Å². The van der Waals surface area contributed by atoms with Crippen LogP contribution in [0.25, 0.3) is 0 Å². The molecule has 0 aromatic heterocycles. The van der Waals surface area contributed by atoms with Crippen molar-refractivity contribution < 1.29 is 4.79 Å². The molecule has 1 saturated carbocycles. The van der Waals surface area contributed by atoms with E-state index in [2.05, 4.69) is 17.6 Å². The molecule has 0 spiro atoms. The molecule has 0 bridgehead atoms. The number of amides is 1. The minimum absolute atomic E-state index is 0. The van der Waals surface area contributed by atoms with Crippen LogP contribution >= 0.6 is 12.4 Å². The lowest BCUT2D eigenvalue weighted by Crippen LogP contribution is -2.41. The molecule has 106 valence electrons. The van der Waals surface area contributed by atoms with Crippen LogP contribution in [0.1, 0.15) is 51.9 Å². The summed E-state index contributed by atoms with van der Waals surface area (Å²) in [7, 11) is 0. The second kappa shape index (κ2) is 8.00. The Kier molecular flexibility index (Phi) is 7.02. The molecule has 3 atom stereocenters. The van der Waals surface area contributed by atoms with Gasteiger partial charge in [0.1, 0.15) is 0 Å². The monoisotopic (exact) mass is 274 g/mol. The lowest BCUT2D eigenvalue weighted by atomic mass is 9.79. The highest BCUT2D eigenvalue weighted by Crippen LogP contribution is 2.31. The molecule has 0 aromatic rings. The smallest absolute Gasteiger partial charge is 0.237 e. The molecule has 1 heterocycles. The molecule has 1 aliphatic carbocycles. The third-order valence-corrected chi connectivity index (χ3v) is 4.48. The third-order valence-electron chi connectivity index (χ3n) is 4.48. The van der Waals surface area contributed by atoms with Crippen molar-refractivity contribution in [1.82, 2.24) is 10.6 Å². The van der Waals surface area contributed by atoms with Crippen molar-refractivity contribution in [3.05, 3.63) is 0 Å². The Morgan fingerprint density at radius 2 is 2.00 bits per heavy atom. The largest absolute Gasteiger partial charge is 0.355 e. The second-order valence-electron chi connectivity index (χ2n) is 5.75. The first-order chi connectivity index (χ1) is 8.27. The van der Waals surface area contributed by atoms with Crippen molar-refractivity contribution in [2.24, 2.45) is 11.8 Å². The van der Waals surface area contributed by atoms with Gasteiger partial charge in [-0.05, 0) is 37.6 Å². The summed E-state index contributed by atoms with van der Waals surface area (Å²) in [5.41, 5.74) is 0. The van der Waals surface area contributed by atoms with Crippen LogP contribution in [0.2, 0.25) is 0 Å². The van der Waals surface area contributed by atoms with Crippen molar-refractivity contribution in [2.45, 2.75) is 57.9 Å². The molecule has 3 nitrogen and oxygen atoms in total. The highest BCUT2D eigenvalue weighted by molar-refractivity contribution is 5.85. The average Bonchev–Trinajstić information content (AvgIpc) is 2.85. The van der Waals surface area contributed by atoms with Crippen LogP contribution in [0.3, 0.4) is 0 Å². The van der Waals surface area contributed by atoms with E-state index in [0.717, 1.165) is 37.8 Å². The zero-order chi connectivity index (χ0) is 12.1. The minimum atomic E-state index is 0. The van der Waals surface area contributed by atoms with Gasteiger partial charge in [0.15, 0.2) is 0 Å². The molecule has 1 amide bonds. The molecule has 3 unspecified atom stereocenters. The molecule has 2 aliphatic rings. The highest BCUT2D eigenvalue weighted by Gasteiger charge is 2.23. The van der Waals surface area contributed by atoms with E-state index >= 15 is 0 Å². The molecule has 0 radical (unpaired) electrons. The number of rotatable bonds is 4. The van der Waals surface area contributed by atoms with Crippen molar-refractivity contribution in [2.75, 3.05) is 13.1 Å². The quantitative estimate of drug-likeness (QED) is 0.827. The molecule has 2 fully saturated rings. The van der Waals surface area contributed by atoms with Crippen LogP contribution in [0, 0.1) is 11.8 Å². The van der Waals surface area contributed by atoms with Crippen LogP contribution in [0.15, 0.2) is 0 Å². The number of hydrogen-bond donors (Lipinski definition) is 2. The van der Waals surface area contributed by atoms with E-state index in [1.54, 1.807) is 0 Å². The maximum atomic E-state index is 11.8. The fourth-order valence-corrected chi connectivity index (χ4v) is 3.23. The molecule has 4 heteroatoms. The maximum Gasteiger partial charge on any atom is 0.237 e. The first-order valence-corrected chi connectivity index (χ1v) is 7.28. The highest BCUT2D eigenvalue weighted by atomic mass is 35.5. The summed E-state index contributed by atoms with van der Waals surface area (Å²) >= 11 is 0. The van der Waals surface area contributed by atoms with E-state index in [0.29, 0.717) is 0 Å². The van der Waals surface area contributed by atoms with Crippen LogP contribution in [0.5, 0.6) is 0 Å². The van der Waals surface area contributed by atoms with E-state index in [-0.39, 0.29) is 24.4 Å². The van der Waals surface area contributed by atoms with Crippen molar-refractivity contribution in [3.8, 4) is 0 Å². The maximum absolute atomic E-state index is 11.8. The lowest BCUT2D eigenvalue weighted by molar-refractivity contribution is -0.122. The number of carbonyl (C=O) groups is 1. The van der Waals surface area contributed by atoms with Gasteiger partial charge in [0.25, 0.3) is 0 Å². The van der Waals surface area contributed by atoms with E-state index in [1.165, 1.54) is 32.1 Å². The SMILES string of the molecule is CC1CCCCC1CCNC(=O)C1CCCN1.Cl. The van der Waals surface area contributed by atoms with Gasteiger partial charge in [-0.2, -0.15) is 0 Å². The predicted octanol–water partition coefficient (Wildman–Crippen LogP) is 2.49. The molecule has 0 aromatic carbocycles.